The summed E-state index contributed by atoms with van der Waals surface area (Å²) in [5.41, 5.74) is 3.21. The van der Waals surface area contributed by atoms with Gasteiger partial charge in [-0.1, -0.05) is 29.5 Å². The molecular formula is C16H15N3O2. The molecule has 5 heteroatoms. The highest BCUT2D eigenvalue weighted by Gasteiger charge is 2.13. The average Bonchev–Trinajstić information content (AvgIpc) is 3.04. The Kier molecular flexibility index (Phi) is 3.55. The second kappa shape index (κ2) is 5.66. The molecule has 0 unspecified atom stereocenters. The number of aromatic hydroxyl groups is 1. The number of nitrogens with one attached hydrogen (secondary N) is 1. The Balaban J connectivity index is 2.15. The van der Waals surface area contributed by atoms with E-state index in [1.54, 1.807) is 18.3 Å². The lowest BCUT2D eigenvalue weighted by Gasteiger charge is -2.11. The third-order valence-electron chi connectivity index (χ3n) is 3.19. The number of phenols is 1. The fraction of sp³-hybridized carbons (Fsp3) is 0.125. The van der Waals surface area contributed by atoms with Crippen molar-refractivity contribution in [2.45, 2.75) is 6.92 Å². The largest absolute Gasteiger partial charge is 0.507 e. The van der Waals surface area contributed by atoms with Crippen molar-refractivity contribution in [2.24, 2.45) is 0 Å². The lowest BCUT2D eigenvalue weighted by atomic mass is 9.97. The molecule has 0 fully saturated rings. The minimum Gasteiger partial charge on any atom is -0.507 e. The first-order chi connectivity index (χ1) is 10.3. The normalized spacial score (nSPS) is 10.5. The van der Waals surface area contributed by atoms with Gasteiger partial charge in [0.25, 0.3) is 0 Å². The Hall–Kier alpha value is -2.82. The van der Waals surface area contributed by atoms with Crippen molar-refractivity contribution in [2.75, 3.05) is 6.61 Å². The second-order valence-electron chi connectivity index (χ2n) is 4.52. The van der Waals surface area contributed by atoms with Crippen LogP contribution in [-0.2, 0) is 0 Å². The van der Waals surface area contributed by atoms with Crippen LogP contribution in [0.25, 0.3) is 22.4 Å². The Morgan fingerprint density at radius 2 is 1.90 bits per heavy atom. The summed E-state index contributed by atoms with van der Waals surface area (Å²) in [7, 11) is 0. The zero-order valence-corrected chi connectivity index (χ0v) is 11.6. The van der Waals surface area contributed by atoms with Crippen LogP contribution in [0.3, 0.4) is 0 Å². The summed E-state index contributed by atoms with van der Waals surface area (Å²) in [6, 6.07) is 13.0. The maximum absolute atomic E-state index is 10.2. The van der Waals surface area contributed by atoms with Gasteiger partial charge in [0.1, 0.15) is 17.2 Å². The molecule has 0 radical (unpaired) electrons. The van der Waals surface area contributed by atoms with Crippen LogP contribution >= 0.6 is 0 Å². The van der Waals surface area contributed by atoms with Crippen LogP contribution < -0.4 is 4.74 Å². The zero-order valence-electron chi connectivity index (χ0n) is 11.6. The van der Waals surface area contributed by atoms with Gasteiger partial charge in [-0.2, -0.15) is 0 Å². The van der Waals surface area contributed by atoms with Gasteiger partial charge in [0.2, 0.25) is 0 Å². The van der Waals surface area contributed by atoms with Gasteiger partial charge >= 0.3 is 0 Å². The summed E-state index contributed by atoms with van der Waals surface area (Å²) in [6.07, 6.45) is 1.72. The van der Waals surface area contributed by atoms with Crippen LogP contribution in [-0.4, -0.2) is 27.1 Å². The van der Waals surface area contributed by atoms with E-state index in [2.05, 4.69) is 15.4 Å². The van der Waals surface area contributed by atoms with Crippen molar-refractivity contribution in [3.8, 4) is 33.9 Å². The number of H-pyrrole nitrogens is 1. The van der Waals surface area contributed by atoms with Crippen LogP contribution in [0.5, 0.6) is 11.5 Å². The zero-order chi connectivity index (χ0) is 14.7. The molecule has 0 amide bonds. The van der Waals surface area contributed by atoms with Crippen molar-refractivity contribution in [1.82, 2.24) is 15.4 Å². The first-order valence-electron chi connectivity index (χ1n) is 6.71. The number of ether oxygens (including phenoxy) is 1. The summed E-state index contributed by atoms with van der Waals surface area (Å²) >= 11 is 0. The predicted molar refractivity (Wildman–Crippen MR) is 80.1 cm³/mol. The smallest absolute Gasteiger partial charge is 0.123 e. The van der Waals surface area contributed by atoms with E-state index >= 15 is 0 Å². The molecule has 2 N–H and O–H groups in total. The molecule has 3 rings (SSSR count). The lowest BCUT2D eigenvalue weighted by Crippen LogP contribution is -1.92. The molecule has 3 aromatic rings. The van der Waals surface area contributed by atoms with Gasteiger partial charge in [-0.05, 0) is 30.7 Å². The highest BCUT2D eigenvalue weighted by atomic mass is 16.5. The van der Waals surface area contributed by atoms with Gasteiger partial charge in [-0.3, -0.25) is 5.10 Å². The Morgan fingerprint density at radius 1 is 1.10 bits per heavy atom. The molecular weight excluding hydrogens is 266 g/mol. The van der Waals surface area contributed by atoms with E-state index in [9.17, 15) is 5.11 Å². The number of hydrogen-bond donors (Lipinski definition) is 2. The van der Waals surface area contributed by atoms with Gasteiger partial charge in [0.15, 0.2) is 0 Å². The average molecular weight is 281 g/mol. The van der Waals surface area contributed by atoms with Gasteiger partial charge in [0, 0.05) is 11.1 Å². The van der Waals surface area contributed by atoms with Crippen LogP contribution in [0.15, 0.2) is 48.7 Å². The second-order valence-corrected chi connectivity index (χ2v) is 4.52. The van der Waals surface area contributed by atoms with Gasteiger partial charge in [-0.15, -0.1) is 5.10 Å². The molecule has 5 nitrogen and oxygen atoms in total. The van der Waals surface area contributed by atoms with Crippen molar-refractivity contribution in [3.63, 3.8) is 0 Å². The van der Waals surface area contributed by atoms with E-state index in [4.69, 9.17) is 4.74 Å². The van der Waals surface area contributed by atoms with Gasteiger partial charge in [-0.25, -0.2) is 0 Å². The van der Waals surface area contributed by atoms with Crippen molar-refractivity contribution < 1.29 is 9.84 Å². The fourth-order valence-electron chi connectivity index (χ4n) is 2.26. The maximum atomic E-state index is 10.2. The Morgan fingerprint density at radius 3 is 2.62 bits per heavy atom. The van der Waals surface area contributed by atoms with Crippen LogP contribution in [0.4, 0.5) is 0 Å². The third-order valence-corrected chi connectivity index (χ3v) is 3.19. The molecule has 0 aliphatic carbocycles. The molecule has 1 heterocycles. The van der Waals surface area contributed by atoms with Crippen molar-refractivity contribution >= 4 is 0 Å². The SMILES string of the molecule is CCOc1ccc(O)c(-c2ccccc2-c2c[nH]nn2)c1. The minimum atomic E-state index is 0.203. The highest BCUT2D eigenvalue weighted by molar-refractivity contribution is 5.84. The van der Waals surface area contributed by atoms with E-state index in [1.807, 2.05) is 37.3 Å². The molecule has 106 valence electrons. The lowest BCUT2D eigenvalue weighted by molar-refractivity contribution is 0.339. The summed E-state index contributed by atoms with van der Waals surface area (Å²) < 4.78 is 5.51. The number of aromatic nitrogens is 3. The number of phenolic OH excluding ortho intramolecular Hbond substituents is 1. The van der Waals surface area contributed by atoms with E-state index in [1.165, 1.54) is 0 Å². The number of benzene rings is 2. The molecule has 0 spiro atoms. The predicted octanol–water partition coefficient (Wildman–Crippen LogP) is 3.24. The quantitative estimate of drug-likeness (QED) is 0.770. The number of hydrogen-bond acceptors (Lipinski definition) is 4. The minimum absolute atomic E-state index is 0.203. The van der Waals surface area contributed by atoms with E-state index in [-0.39, 0.29) is 5.75 Å². The maximum Gasteiger partial charge on any atom is 0.123 e. The summed E-state index contributed by atoms with van der Waals surface area (Å²) in [5, 5.41) is 20.7. The van der Waals surface area contributed by atoms with E-state index in [0.717, 1.165) is 22.6 Å². The monoisotopic (exact) mass is 281 g/mol. The summed E-state index contributed by atoms with van der Waals surface area (Å²) in [5.74, 6) is 0.926. The van der Waals surface area contributed by atoms with Crippen molar-refractivity contribution in [1.29, 1.82) is 0 Å². The fourth-order valence-corrected chi connectivity index (χ4v) is 2.26. The van der Waals surface area contributed by atoms with E-state index in [0.29, 0.717) is 12.2 Å². The summed E-state index contributed by atoms with van der Waals surface area (Å²) in [4.78, 5) is 0. The topological polar surface area (TPSA) is 71.0 Å². The van der Waals surface area contributed by atoms with Crippen molar-refractivity contribution in [3.05, 3.63) is 48.7 Å². The highest BCUT2D eigenvalue weighted by Crippen LogP contribution is 2.37. The van der Waals surface area contributed by atoms with Crippen LogP contribution in [0.2, 0.25) is 0 Å². The van der Waals surface area contributed by atoms with Gasteiger partial charge < -0.3 is 9.84 Å². The molecule has 1 aromatic heterocycles. The number of aromatic amines is 1. The first kappa shape index (κ1) is 13.2. The number of rotatable bonds is 4. The number of nitrogens with zero attached hydrogens (tertiary/aromatic N) is 2. The Bertz CT molecular complexity index is 739. The Labute approximate surface area is 122 Å². The molecule has 0 aliphatic heterocycles. The molecule has 0 bridgehead atoms. The first-order valence-corrected chi connectivity index (χ1v) is 6.71. The molecule has 2 aromatic carbocycles. The molecule has 0 aliphatic rings. The molecule has 0 atom stereocenters. The summed E-state index contributed by atoms with van der Waals surface area (Å²) in [6.45, 7) is 2.50. The molecule has 21 heavy (non-hydrogen) atoms. The third kappa shape index (κ3) is 2.58. The van der Waals surface area contributed by atoms with Crippen LogP contribution in [0, 0.1) is 0 Å². The van der Waals surface area contributed by atoms with Crippen LogP contribution in [0.1, 0.15) is 6.92 Å². The molecule has 0 saturated carbocycles. The van der Waals surface area contributed by atoms with Gasteiger partial charge in [0.05, 0.1) is 12.8 Å². The van der Waals surface area contributed by atoms with E-state index < -0.39 is 0 Å². The molecule has 0 saturated heterocycles. The standard InChI is InChI=1S/C16H15N3O2/c1-2-21-11-7-8-16(20)14(9-11)12-5-3-4-6-13(12)15-10-17-19-18-15/h3-10,20H,2H2,1H3,(H,17,18,19).